The Morgan fingerprint density at radius 3 is 2.80 bits per heavy atom. The number of aliphatic hydroxyl groups is 1. The molecule has 0 saturated carbocycles. The first-order valence-electron chi connectivity index (χ1n) is 14.0. The van der Waals surface area contributed by atoms with Crippen molar-refractivity contribution in [1.29, 1.82) is 0 Å². The van der Waals surface area contributed by atoms with E-state index in [-0.39, 0.29) is 17.4 Å². The van der Waals surface area contributed by atoms with Crippen molar-refractivity contribution in [2.75, 3.05) is 26.9 Å². The second-order valence-corrected chi connectivity index (χ2v) is 11.1. The number of phenolic OH excluding ortho intramolecular Hbond substituents is 2. The van der Waals surface area contributed by atoms with Crippen LogP contribution in [-0.2, 0) is 19.3 Å². The van der Waals surface area contributed by atoms with Gasteiger partial charge in [-0.2, -0.15) is 0 Å². The van der Waals surface area contributed by atoms with Crippen LogP contribution < -0.4 is 19.5 Å². The monoisotopic (exact) mass is 542 g/mol. The average molecular weight is 543 g/mol. The predicted molar refractivity (Wildman–Crippen MR) is 150 cm³/mol. The summed E-state index contributed by atoms with van der Waals surface area (Å²) in [5.74, 6) is 2.53. The fourth-order valence-electron chi connectivity index (χ4n) is 6.85. The number of aliphatic hydroxyl groups excluding tert-OH is 1. The highest BCUT2D eigenvalue weighted by atomic mass is 16.5. The van der Waals surface area contributed by atoms with E-state index >= 15 is 0 Å². The number of hydrogen-bond donors (Lipinski definition) is 4. The van der Waals surface area contributed by atoms with Crippen molar-refractivity contribution in [3.8, 4) is 39.9 Å². The number of benzene rings is 3. The second-order valence-electron chi connectivity index (χ2n) is 11.1. The molecule has 0 bridgehead atoms. The lowest BCUT2D eigenvalue weighted by Crippen LogP contribution is -2.33. The first-order chi connectivity index (χ1) is 19.5. The van der Waals surface area contributed by atoms with E-state index in [2.05, 4.69) is 16.4 Å². The molecule has 0 fully saturated rings. The lowest BCUT2D eigenvalue weighted by Gasteiger charge is -2.40. The number of rotatable bonds is 5. The zero-order valence-electron chi connectivity index (χ0n) is 22.5. The van der Waals surface area contributed by atoms with E-state index in [4.69, 9.17) is 14.2 Å². The van der Waals surface area contributed by atoms with E-state index in [0.29, 0.717) is 18.8 Å². The van der Waals surface area contributed by atoms with Crippen LogP contribution in [0.4, 0.5) is 0 Å². The zero-order chi connectivity index (χ0) is 27.4. The summed E-state index contributed by atoms with van der Waals surface area (Å²) < 4.78 is 18.5. The number of ether oxygens (including phenoxy) is 3. The van der Waals surface area contributed by atoms with Gasteiger partial charge in [0.1, 0.15) is 23.4 Å². The van der Waals surface area contributed by atoms with Crippen molar-refractivity contribution in [1.82, 2.24) is 10.2 Å². The molecule has 0 radical (unpaired) electrons. The van der Waals surface area contributed by atoms with Crippen molar-refractivity contribution in [3.05, 3.63) is 76.6 Å². The molecule has 4 N–H and O–H groups in total. The molecule has 3 atom stereocenters. The molecule has 8 nitrogen and oxygen atoms in total. The minimum Gasteiger partial charge on any atom is -0.508 e. The van der Waals surface area contributed by atoms with E-state index < -0.39 is 12.2 Å². The summed E-state index contributed by atoms with van der Waals surface area (Å²) in [6.07, 6.45) is 6.55. The van der Waals surface area contributed by atoms with Crippen molar-refractivity contribution in [2.24, 2.45) is 0 Å². The lowest BCUT2D eigenvalue weighted by atomic mass is 9.71. The van der Waals surface area contributed by atoms with E-state index in [1.165, 1.54) is 12.7 Å². The van der Waals surface area contributed by atoms with Gasteiger partial charge in [-0.05, 0) is 78.1 Å². The first-order valence-corrected chi connectivity index (χ1v) is 14.0. The summed E-state index contributed by atoms with van der Waals surface area (Å²) in [7, 11) is 1.51. The molecular formula is C32H34N2O6. The summed E-state index contributed by atoms with van der Waals surface area (Å²) in [6, 6.07) is 10.7. The highest BCUT2D eigenvalue weighted by molar-refractivity contribution is 5.85. The Balaban J connectivity index is 1.38. The van der Waals surface area contributed by atoms with Gasteiger partial charge in [-0.25, -0.2) is 0 Å². The number of methoxy groups -OCH3 is 1. The minimum absolute atomic E-state index is 0.0485. The molecule has 3 aromatic rings. The molecule has 3 unspecified atom stereocenters. The molecule has 8 heteroatoms. The van der Waals surface area contributed by atoms with Gasteiger partial charge in [-0.15, -0.1) is 0 Å². The average Bonchev–Trinajstić information content (AvgIpc) is 3.49. The Bertz CT molecular complexity index is 1500. The maximum Gasteiger partial charge on any atom is 0.160 e. The molecule has 3 aromatic carbocycles. The largest absolute Gasteiger partial charge is 0.508 e. The third kappa shape index (κ3) is 4.09. The summed E-state index contributed by atoms with van der Waals surface area (Å²) in [5.41, 5.74) is 7.37. The Morgan fingerprint density at radius 2 is 1.98 bits per heavy atom. The first kappa shape index (κ1) is 25.0. The third-order valence-corrected chi connectivity index (χ3v) is 8.70. The molecule has 4 aliphatic rings. The van der Waals surface area contributed by atoms with Crippen LogP contribution in [-0.4, -0.2) is 53.3 Å². The highest BCUT2D eigenvalue weighted by Gasteiger charge is 2.41. The maximum absolute atomic E-state index is 11.5. The van der Waals surface area contributed by atoms with E-state index in [0.717, 1.165) is 83.8 Å². The van der Waals surface area contributed by atoms with Crippen LogP contribution >= 0.6 is 0 Å². The Morgan fingerprint density at radius 1 is 1.07 bits per heavy atom. The number of phenols is 2. The molecule has 40 heavy (non-hydrogen) atoms. The topological polar surface area (TPSA) is 104 Å². The van der Waals surface area contributed by atoms with Crippen molar-refractivity contribution in [2.45, 2.75) is 50.2 Å². The van der Waals surface area contributed by atoms with Crippen LogP contribution in [0.1, 0.15) is 52.7 Å². The fourth-order valence-corrected chi connectivity index (χ4v) is 6.85. The van der Waals surface area contributed by atoms with Gasteiger partial charge in [0.05, 0.1) is 26.5 Å². The molecule has 0 saturated heterocycles. The molecular weight excluding hydrogens is 508 g/mol. The van der Waals surface area contributed by atoms with Gasteiger partial charge in [0.25, 0.3) is 0 Å². The van der Waals surface area contributed by atoms with Gasteiger partial charge in [-0.1, -0.05) is 12.1 Å². The standard InChI is InChI=1S/C32H34N2O6/c1-38-27-15-19(4-7-25(27)36)30-26(37)16-24-28-18(8-10-34-11-9-33-17-34)13-20-14-21(35)5-6-22(20)29(28)32-23(31(24)40-30)3-2-12-39-32/h4-7,9,11,14-15,18,26,30,33,35-37H,2-3,8,10,12-13,16-17H2,1H3. The lowest BCUT2D eigenvalue weighted by molar-refractivity contribution is 0.0189. The summed E-state index contributed by atoms with van der Waals surface area (Å²) in [5, 5.41) is 35.2. The summed E-state index contributed by atoms with van der Waals surface area (Å²) in [6.45, 7) is 2.32. The van der Waals surface area contributed by atoms with Crippen LogP contribution in [0.2, 0.25) is 0 Å². The Hall–Kier alpha value is -4.04. The smallest absolute Gasteiger partial charge is 0.160 e. The minimum atomic E-state index is -0.777. The van der Waals surface area contributed by atoms with Gasteiger partial charge < -0.3 is 39.7 Å². The Kier molecular flexibility index (Phi) is 6.15. The summed E-state index contributed by atoms with van der Waals surface area (Å²) in [4.78, 5) is 2.26. The van der Waals surface area contributed by atoms with Crippen molar-refractivity contribution >= 4 is 0 Å². The van der Waals surface area contributed by atoms with Gasteiger partial charge in [-0.3, -0.25) is 0 Å². The second kappa shape index (κ2) is 9.86. The fraction of sp³-hybridized carbons (Fsp3) is 0.375. The number of nitrogens with one attached hydrogen (secondary N) is 1. The van der Waals surface area contributed by atoms with Crippen LogP contribution in [0.25, 0.3) is 11.1 Å². The normalized spacial score (nSPS) is 22.2. The van der Waals surface area contributed by atoms with E-state index in [9.17, 15) is 15.3 Å². The van der Waals surface area contributed by atoms with Crippen LogP contribution in [0.3, 0.4) is 0 Å². The van der Waals surface area contributed by atoms with Crippen LogP contribution in [0, 0.1) is 0 Å². The number of aromatic hydroxyl groups is 2. The van der Waals surface area contributed by atoms with Crippen molar-refractivity contribution in [3.63, 3.8) is 0 Å². The van der Waals surface area contributed by atoms with Gasteiger partial charge in [0, 0.05) is 42.1 Å². The number of nitrogens with zero attached hydrogens (tertiary/aromatic N) is 1. The Labute approximate surface area is 233 Å². The SMILES string of the molecule is COc1cc(C2Oc3c4c(c5c(c3CC2O)C(CCN2C=CNC2)Cc2cc(O)ccc2-5)OCCC4)ccc1O. The molecule has 208 valence electrons. The van der Waals surface area contributed by atoms with Gasteiger partial charge >= 0.3 is 0 Å². The number of fused-ring (bicyclic) bond motifs is 8. The molecule has 7 rings (SSSR count). The van der Waals surface area contributed by atoms with Gasteiger partial charge in [0.15, 0.2) is 11.5 Å². The molecule has 0 spiro atoms. The third-order valence-electron chi connectivity index (χ3n) is 8.70. The quantitative estimate of drug-likeness (QED) is 0.374. The molecule has 0 aromatic heterocycles. The summed E-state index contributed by atoms with van der Waals surface area (Å²) >= 11 is 0. The molecule has 0 amide bonds. The van der Waals surface area contributed by atoms with E-state index in [1.54, 1.807) is 24.3 Å². The number of hydrogen-bond acceptors (Lipinski definition) is 8. The van der Waals surface area contributed by atoms with Crippen LogP contribution in [0.15, 0.2) is 48.8 Å². The highest BCUT2D eigenvalue weighted by Crippen LogP contribution is 2.56. The molecule has 1 aliphatic carbocycles. The van der Waals surface area contributed by atoms with Crippen LogP contribution in [0.5, 0.6) is 28.7 Å². The molecule has 3 aliphatic heterocycles. The predicted octanol–water partition coefficient (Wildman–Crippen LogP) is 4.50. The molecule has 3 heterocycles. The van der Waals surface area contributed by atoms with E-state index in [1.807, 2.05) is 18.3 Å². The van der Waals surface area contributed by atoms with Crippen molar-refractivity contribution < 1.29 is 29.5 Å². The maximum atomic E-state index is 11.5. The zero-order valence-corrected chi connectivity index (χ0v) is 22.5. The van der Waals surface area contributed by atoms with Gasteiger partial charge in [0.2, 0.25) is 0 Å².